The van der Waals surface area contributed by atoms with E-state index in [2.05, 4.69) is 5.32 Å². The minimum absolute atomic E-state index is 0.0306. The molecule has 1 saturated carbocycles. The van der Waals surface area contributed by atoms with E-state index in [1.807, 2.05) is 0 Å². The summed E-state index contributed by atoms with van der Waals surface area (Å²) in [5, 5.41) is 11.9. The van der Waals surface area contributed by atoms with Crippen molar-refractivity contribution in [2.24, 2.45) is 11.8 Å². The summed E-state index contributed by atoms with van der Waals surface area (Å²) in [5.74, 6) is 0.385. The second-order valence-electron chi connectivity index (χ2n) is 3.72. The molecule has 0 aromatic carbocycles. The highest BCUT2D eigenvalue weighted by Gasteiger charge is 2.24. The molecule has 2 N–H and O–H groups in total. The van der Waals surface area contributed by atoms with E-state index in [1.165, 1.54) is 12.8 Å². The Morgan fingerprint density at radius 2 is 2.17 bits per heavy atom. The minimum Gasteiger partial charge on any atom is -0.393 e. The predicted octanol–water partition coefficient (Wildman–Crippen LogP) is 0.529. The van der Waals surface area contributed by atoms with E-state index in [1.54, 1.807) is 13.8 Å². The van der Waals surface area contributed by atoms with Crippen molar-refractivity contribution in [2.75, 3.05) is 6.54 Å². The molecule has 1 rings (SSSR count). The zero-order chi connectivity index (χ0) is 9.14. The molecule has 0 saturated heterocycles. The summed E-state index contributed by atoms with van der Waals surface area (Å²) >= 11 is 0. The maximum Gasteiger partial charge on any atom is 0.225 e. The fourth-order valence-electron chi connectivity index (χ4n) is 0.947. The van der Waals surface area contributed by atoms with Gasteiger partial charge in [0.2, 0.25) is 5.91 Å². The molecule has 1 aliphatic rings. The average molecular weight is 171 g/mol. The smallest absolute Gasteiger partial charge is 0.225 e. The summed E-state index contributed by atoms with van der Waals surface area (Å²) < 4.78 is 0. The third kappa shape index (κ3) is 2.81. The first-order valence-corrected chi connectivity index (χ1v) is 4.57. The van der Waals surface area contributed by atoms with Crippen LogP contribution in [-0.2, 0) is 4.79 Å². The highest BCUT2D eigenvalue weighted by molar-refractivity contribution is 5.78. The molecule has 0 aromatic rings. The molecule has 1 fully saturated rings. The lowest BCUT2D eigenvalue weighted by Gasteiger charge is -2.13. The molecule has 0 radical (unpaired) electrons. The van der Waals surface area contributed by atoms with Gasteiger partial charge in [0, 0.05) is 6.54 Å². The first-order valence-electron chi connectivity index (χ1n) is 4.57. The van der Waals surface area contributed by atoms with Crippen molar-refractivity contribution in [3.8, 4) is 0 Å². The van der Waals surface area contributed by atoms with Crippen LogP contribution in [0.2, 0.25) is 0 Å². The molecule has 0 heterocycles. The summed E-state index contributed by atoms with van der Waals surface area (Å²) in [6.07, 6.45) is 1.93. The monoisotopic (exact) mass is 171 g/mol. The highest BCUT2D eigenvalue weighted by atomic mass is 16.3. The van der Waals surface area contributed by atoms with Gasteiger partial charge in [0.05, 0.1) is 12.0 Å². The fourth-order valence-corrected chi connectivity index (χ4v) is 0.947. The number of carbonyl (C=O) groups excluding carboxylic acids is 1. The Kier molecular flexibility index (Phi) is 3.09. The number of rotatable bonds is 4. The summed E-state index contributed by atoms with van der Waals surface area (Å²) in [7, 11) is 0. The van der Waals surface area contributed by atoms with Gasteiger partial charge in [-0.1, -0.05) is 6.92 Å². The lowest BCUT2D eigenvalue weighted by Crippen LogP contribution is -2.35. The van der Waals surface area contributed by atoms with Gasteiger partial charge in [-0.25, -0.2) is 0 Å². The largest absolute Gasteiger partial charge is 0.393 e. The van der Waals surface area contributed by atoms with E-state index in [9.17, 15) is 4.79 Å². The molecule has 3 heteroatoms. The number of nitrogens with one attached hydrogen (secondary N) is 1. The molecular weight excluding hydrogens is 154 g/mol. The Bertz CT molecular complexity index is 164. The van der Waals surface area contributed by atoms with E-state index in [0.717, 1.165) is 6.54 Å². The number of hydrogen-bond donors (Lipinski definition) is 2. The Morgan fingerprint density at radius 3 is 2.58 bits per heavy atom. The topological polar surface area (TPSA) is 49.3 Å². The van der Waals surface area contributed by atoms with Gasteiger partial charge < -0.3 is 10.4 Å². The molecule has 0 aromatic heterocycles. The van der Waals surface area contributed by atoms with Crippen LogP contribution in [0.25, 0.3) is 0 Å². The second kappa shape index (κ2) is 3.90. The fraction of sp³-hybridized carbons (Fsp3) is 0.889. The van der Waals surface area contributed by atoms with Gasteiger partial charge in [-0.05, 0) is 25.7 Å². The summed E-state index contributed by atoms with van der Waals surface area (Å²) in [6.45, 7) is 4.17. The first kappa shape index (κ1) is 9.52. The average Bonchev–Trinajstić information content (AvgIpc) is 2.81. The van der Waals surface area contributed by atoms with Crippen LogP contribution in [0.5, 0.6) is 0 Å². The van der Waals surface area contributed by atoms with Gasteiger partial charge in [-0.2, -0.15) is 0 Å². The normalized spacial score (nSPS) is 21.6. The molecule has 12 heavy (non-hydrogen) atoms. The van der Waals surface area contributed by atoms with Crippen molar-refractivity contribution < 1.29 is 9.90 Å². The van der Waals surface area contributed by atoms with Crippen LogP contribution >= 0.6 is 0 Å². The van der Waals surface area contributed by atoms with Crippen LogP contribution in [0, 0.1) is 11.8 Å². The standard InChI is InChI=1S/C9H17NO2/c1-6(7(2)11)9(12)10-5-8-3-4-8/h6-8,11H,3-5H2,1-2H3,(H,10,12)/t6-,7?/m0/s1. The Balaban J connectivity index is 2.16. The van der Waals surface area contributed by atoms with Crippen molar-refractivity contribution in [1.29, 1.82) is 0 Å². The van der Waals surface area contributed by atoms with Gasteiger partial charge in [0.1, 0.15) is 0 Å². The van der Waals surface area contributed by atoms with Crippen molar-refractivity contribution in [3.63, 3.8) is 0 Å². The molecule has 1 aliphatic carbocycles. The maximum atomic E-state index is 11.2. The molecule has 3 nitrogen and oxygen atoms in total. The third-order valence-corrected chi connectivity index (χ3v) is 2.40. The Morgan fingerprint density at radius 1 is 1.58 bits per heavy atom. The Labute approximate surface area is 73.2 Å². The molecular formula is C9H17NO2. The van der Waals surface area contributed by atoms with Crippen LogP contribution in [0.4, 0.5) is 0 Å². The SMILES string of the molecule is CC(O)[C@H](C)C(=O)NCC1CC1. The lowest BCUT2D eigenvalue weighted by atomic mass is 10.1. The zero-order valence-electron chi connectivity index (χ0n) is 7.71. The number of amides is 1. The van der Waals surface area contributed by atoms with Crippen molar-refractivity contribution in [2.45, 2.75) is 32.8 Å². The van der Waals surface area contributed by atoms with Crippen LogP contribution in [0.15, 0.2) is 0 Å². The van der Waals surface area contributed by atoms with Gasteiger partial charge in [-0.3, -0.25) is 4.79 Å². The molecule has 0 spiro atoms. The third-order valence-electron chi connectivity index (χ3n) is 2.40. The van der Waals surface area contributed by atoms with E-state index >= 15 is 0 Å². The van der Waals surface area contributed by atoms with Crippen LogP contribution in [-0.4, -0.2) is 23.7 Å². The van der Waals surface area contributed by atoms with E-state index in [-0.39, 0.29) is 11.8 Å². The second-order valence-corrected chi connectivity index (χ2v) is 3.72. The van der Waals surface area contributed by atoms with Crippen LogP contribution < -0.4 is 5.32 Å². The maximum absolute atomic E-state index is 11.2. The number of hydrogen-bond acceptors (Lipinski definition) is 2. The number of aliphatic hydroxyl groups is 1. The summed E-state index contributed by atoms with van der Waals surface area (Å²) in [5.41, 5.74) is 0. The van der Waals surface area contributed by atoms with E-state index in [4.69, 9.17) is 5.11 Å². The van der Waals surface area contributed by atoms with Gasteiger partial charge >= 0.3 is 0 Å². The van der Waals surface area contributed by atoms with Gasteiger partial charge in [0.25, 0.3) is 0 Å². The molecule has 0 aliphatic heterocycles. The van der Waals surface area contributed by atoms with Crippen molar-refractivity contribution in [1.82, 2.24) is 5.32 Å². The quantitative estimate of drug-likeness (QED) is 0.648. The van der Waals surface area contributed by atoms with E-state index < -0.39 is 6.10 Å². The van der Waals surface area contributed by atoms with Crippen LogP contribution in [0.3, 0.4) is 0 Å². The van der Waals surface area contributed by atoms with Crippen molar-refractivity contribution in [3.05, 3.63) is 0 Å². The predicted molar refractivity (Wildman–Crippen MR) is 46.6 cm³/mol. The van der Waals surface area contributed by atoms with E-state index in [0.29, 0.717) is 5.92 Å². The summed E-state index contributed by atoms with van der Waals surface area (Å²) in [4.78, 5) is 11.2. The zero-order valence-corrected chi connectivity index (χ0v) is 7.71. The first-order chi connectivity index (χ1) is 5.61. The van der Waals surface area contributed by atoms with Gasteiger partial charge in [0.15, 0.2) is 0 Å². The Hall–Kier alpha value is -0.570. The molecule has 70 valence electrons. The lowest BCUT2D eigenvalue weighted by molar-refractivity contribution is -0.127. The number of carbonyl (C=O) groups is 1. The molecule has 1 unspecified atom stereocenters. The molecule has 0 bridgehead atoms. The van der Waals surface area contributed by atoms with Crippen molar-refractivity contribution >= 4 is 5.91 Å². The molecule has 2 atom stereocenters. The summed E-state index contributed by atoms with van der Waals surface area (Å²) in [6, 6.07) is 0. The number of aliphatic hydroxyl groups excluding tert-OH is 1. The molecule has 1 amide bonds. The minimum atomic E-state index is -0.552. The van der Waals surface area contributed by atoms with Crippen LogP contribution in [0.1, 0.15) is 26.7 Å². The highest BCUT2D eigenvalue weighted by Crippen LogP contribution is 2.27. The van der Waals surface area contributed by atoms with Gasteiger partial charge in [-0.15, -0.1) is 0 Å².